The number of hydrogen-bond acceptors (Lipinski definition) is 3. The van der Waals surface area contributed by atoms with Gasteiger partial charge in [-0.15, -0.1) is 0 Å². The van der Waals surface area contributed by atoms with E-state index >= 15 is 0 Å². The Morgan fingerprint density at radius 3 is 2.45 bits per heavy atom. The van der Waals surface area contributed by atoms with E-state index in [0.29, 0.717) is 29.4 Å². The quantitative estimate of drug-likeness (QED) is 0.494. The topological polar surface area (TPSA) is 58.6 Å². The Balaban J connectivity index is 2.01. The van der Waals surface area contributed by atoms with Crippen molar-refractivity contribution in [1.29, 1.82) is 0 Å². The maximum absolute atomic E-state index is 14.2. The summed E-state index contributed by atoms with van der Waals surface area (Å²) in [5.74, 6) is -0.214. The number of rotatable bonds is 11. The Kier molecular flexibility index (Phi) is 9.79. The predicted octanol–water partition coefficient (Wildman–Crippen LogP) is 4.97. The standard InChI is InChI=1S/C24H30ClFN2O3/c1-4-17(2)27-24(30)18(3)28(16-19-8-5-6-9-22(19)26)23(29)10-7-15-31-21-13-11-20(25)12-14-21/h5-6,8-9,11-14,17-18H,4,7,10,15-16H2,1-3H3,(H,27,30)/t17-,18+/m0/s1. The first-order valence-electron chi connectivity index (χ1n) is 10.5. The molecule has 0 aliphatic rings. The Morgan fingerprint density at radius 2 is 1.81 bits per heavy atom. The highest BCUT2D eigenvalue weighted by Gasteiger charge is 2.27. The molecule has 1 N–H and O–H groups in total. The molecule has 0 aliphatic heterocycles. The summed E-state index contributed by atoms with van der Waals surface area (Å²) >= 11 is 5.86. The number of benzene rings is 2. The second kappa shape index (κ2) is 12.3. The summed E-state index contributed by atoms with van der Waals surface area (Å²) < 4.78 is 19.8. The van der Waals surface area contributed by atoms with E-state index in [0.717, 1.165) is 6.42 Å². The first-order valence-corrected chi connectivity index (χ1v) is 10.9. The molecular formula is C24H30ClFN2O3. The fraction of sp³-hybridized carbons (Fsp3) is 0.417. The third-order valence-electron chi connectivity index (χ3n) is 5.08. The van der Waals surface area contributed by atoms with E-state index in [1.165, 1.54) is 11.0 Å². The molecule has 31 heavy (non-hydrogen) atoms. The second-order valence-electron chi connectivity index (χ2n) is 7.51. The fourth-order valence-corrected chi connectivity index (χ4v) is 3.07. The summed E-state index contributed by atoms with van der Waals surface area (Å²) in [6.07, 6.45) is 1.43. The van der Waals surface area contributed by atoms with Crippen LogP contribution in [0.15, 0.2) is 48.5 Å². The molecule has 2 rings (SSSR count). The van der Waals surface area contributed by atoms with Crippen LogP contribution in [0.1, 0.15) is 45.6 Å². The average Bonchev–Trinajstić information content (AvgIpc) is 2.76. The number of carbonyl (C=O) groups excluding carboxylic acids is 2. The van der Waals surface area contributed by atoms with Crippen LogP contribution in [0.25, 0.3) is 0 Å². The van der Waals surface area contributed by atoms with Gasteiger partial charge in [-0.1, -0.05) is 36.7 Å². The molecule has 2 aromatic rings. The molecule has 0 aliphatic carbocycles. The van der Waals surface area contributed by atoms with E-state index in [2.05, 4.69) is 5.32 Å². The number of nitrogens with one attached hydrogen (secondary N) is 1. The van der Waals surface area contributed by atoms with Gasteiger partial charge in [-0.2, -0.15) is 0 Å². The number of halogens is 2. The highest BCUT2D eigenvalue weighted by atomic mass is 35.5. The summed E-state index contributed by atoms with van der Waals surface area (Å²) in [5, 5.41) is 3.52. The van der Waals surface area contributed by atoms with E-state index in [-0.39, 0.29) is 30.8 Å². The van der Waals surface area contributed by atoms with Crippen LogP contribution in [-0.2, 0) is 16.1 Å². The smallest absolute Gasteiger partial charge is 0.242 e. The van der Waals surface area contributed by atoms with E-state index < -0.39 is 11.9 Å². The lowest BCUT2D eigenvalue weighted by molar-refractivity contribution is -0.141. The highest BCUT2D eigenvalue weighted by Crippen LogP contribution is 2.17. The monoisotopic (exact) mass is 448 g/mol. The second-order valence-corrected chi connectivity index (χ2v) is 7.95. The molecule has 7 heteroatoms. The van der Waals surface area contributed by atoms with Crippen LogP contribution in [0.3, 0.4) is 0 Å². The van der Waals surface area contributed by atoms with Crippen molar-refractivity contribution in [3.8, 4) is 5.75 Å². The van der Waals surface area contributed by atoms with Gasteiger partial charge >= 0.3 is 0 Å². The minimum absolute atomic E-state index is 0.00635. The van der Waals surface area contributed by atoms with E-state index in [1.54, 1.807) is 49.4 Å². The van der Waals surface area contributed by atoms with E-state index in [4.69, 9.17) is 16.3 Å². The minimum Gasteiger partial charge on any atom is -0.494 e. The van der Waals surface area contributed by atoms with E-state index in [9.17, 15) is 14.0 Å². The molecule has 0 spiro atoms. The van der Waals surface area contributed by atoms with Gasteiger partial charge in [0.1, 0.15) is 17.6 Å². The summed E-state index contributed by atoms with van der Waals surface area (Å²) in [7, 11) is 0. The van der Waals surface area contributed by atoms with Gasteiger partial charge in [-0.25, -0.2) is 4.39 Å². The van der Waals surface area contributed by atoms with Crippen molar-refractivity contribution in [2.75, 3.05) is 6.61 Å². The summed E-state index contributed by atoms with van der Waals surface area (Å²) in [4.78, 5) is 27.0. The van der Waals surface area contributed by atoms with Gasteiger partial charge < -0.3 is 15.0 Å². The molecule has 0 heterocycles. The van der Waals surface area contributed by atoms with Crippen molar-refractivity contribution in [2.24, 2.45) is 0 Å². The Bertz CT molecular complexity index is 860. The molecule has 0 unspecified atom stereocenters. The van der Waals surface area contributed by atoms with Crippen LogP contribution in [0.4, 0.5) is 4.39 Å². The normalized spacial score (nSPS) is 12.7. The Hall–Kier alpha value is -2.60. The number of amides is 2. The predicted molar refractivity (Wildman–Crippen MR) is 120 cm³/mol. The zero-order chi connectivity index (χ0) is 22.8. The van der Waals surface area contributed by atoms with Crippen molar-refractivity contribution in [1.82, 2.24) is 10.2 Å². The molecule has 168 valence electrons. The van der Waals surface area contributed by atoms with Crippen LogP contribution in [0, 0.1) is 5.82 Å². The van der Waals surface area contributed by atoms with Crippen LogP contribution in [0.5, 0.6) is 5.75 Å². The molecule has 0 saturated carbocycles. The van der Waals surface area contributed by atoms with Crippen molar-refractivity contribution in [2.45, 2.75) is 58.7 Å². The molecular weight excluding hydrogens is 419 g/mol. The average molecular weight is 449 g/mol. The number of ether oxygens (including phenoxy) is 1. The summed E-state index contributed by atoms with van der Waals surface area (Å²) in [6.45, 7) is 5.91. The molecule has 0 fully saturated rings. The zero-order valence-electron chi connectivity index (χ0n) is 18.2. The van der Waals surface area contributed by atoms with Crippen molar-refractivity contribution in [3.63, 3.8) is 0 Å². The van der Waals surface area contributed by atoms with Crippen molar-refractivity contribution < 1.29 is 18.7 Å². The Morgan fingerprint density at radius 1 is 1.13 bits per heavy atom. The van der Waals surface area contributed by atoms with Crippen molar-refractivity contribution >= 4 is 23.4 Å². The molecule has 5 nitrogen and oxygen atoms in total. The third-order valence-corrected chi connectivity index (χ3v) is 5.34. The highest BCUT2D eigenvalue weighted by molar-refractivity contribution is 6.30. The number of nitrogens with zero attached hydrogens (tertiary/aromatic N) is 1. The summed E-state index contributed by atoms with van der Waals surface area (Å²) in [5.41, 5.74) is 0.372. The lowest BCUT2D eigenvalue weighted by Crippen LogP contribution is -2.49. The largest absolute Gasteiger partial charge is 0.494 e. The lowest BCUT2D eigenvalue weighted by Gasteiger charge is -2.30. The van der Waals surface area contributed by atoms with Gasteiger partial charge in [0, 0.05) is 29.6 Å². The van der Waals surface area contributed by atoms with Crippen molar-refractivity contribution in [3.05, 3.63) is 64.9 Å². The first-order chi connectivity index (χ1) is 14.8. The van der Waals surface area contributed by atoms with Gasteiger partial charge in [0.2, 0.25) is 11.8 Å². The first kappa shape index (κ1) is 24.7. The third kappa shape index (κ3) is 7.87. The number of hydrogen-bond donors (Lipinski definition) is 1. The van der Waals surface area contributed by atoms with Gasteiger partial charge in [0.15, 0.2) is 0 Å². The van der Waals surface area contributed by atoms with Gasteiger partial charge in [0.05, 0.1) is 6.61 Å². The molecule has 0 bridgehead atoms. The molecule has 0 aromatic heterocycles. The van der Waals surface area contributed by atoms with Gasteiger partial charge in [0.25, 0.3) is 0 Å². The fourth-order valence-electron chi connectivity index (χ4n) is 2.95. The minimum atomic E-state index is -0.724. The van der Waals surface area contributed by atoms with Crippen LogP contribution in [0.2, 0.25) is 5.02 Å². The molecule has 0 radical (unpaired) electrons. The molecule has 2 aromatic carbocycles. The van der Waals surface area contributed by atoms with E-state index in [1.807, 2.05) is 13.8 Å². The van der Waals surface area contributed by atoms with Crippen LogP contribution in [-0.4, -0.2) is 35.4 Å². The lowest BCUT2D eigenvalue weighted by atomic mass is 10.1. The summed E-state index contributed by atoms with van der Waals surface area (Å²) in [6, 6.07) is 12.5. The number of carbonyl (C=O) groups is 2. The maximum Gasteiger partial charge on any atom is 0.242 e. The maximum atomic E-state index is 14.2. The zero-order valence-corrected chi connectivity index (χ0v) is 19.0. The van der Waals surface area contributed by atoms with Crippen LogP contribution < -0.4 is 10.1 Å². The molecule has 0 saturated heterocycles. The van der Waals surface area contributed by atoms with Gasteiger partial charge in [-0.3, -0.25) is 9.59 Å². The van der Waals surface area contributed by atoms with Gasteiger partial charge in [-0.05, 0) is 57.0 Å². The Labute approximate surface area is 188 Å². The molecule has 2 atom stereocenters. The SMILES string of the molecule is CC[C@H](C)NC(=O)[C@@H](C)N(Cc1ccccc1F)C(=O)CCCOc1ccc(Cl)cc1. The van der Waals surface area contributed by atoms with Crippen LogP contribution >= 0.6 is 11.6 Å². The molecule has 2 amide bonds.